The number of benzene rings is 1. The molecule has 0 aliphatic heterocycles. The van der Waals surface area contributed by atoms with Crippen LogP contribution >= 0.6 is 0 Å². The van der Waals surface area contributed by atoms with E-state index in [1.807, 2.05) is 0 Å². The van der Waals surface area contributed by atoms with E-state index in [4.69, 9.17) is 15.4 Å². The predicted molar refractivity (Wildman–Crippen MR) is 71.4 cm³/mol. The highest BCUT2D eigenvalue weighted by atomic mass is 32.2. The molecular formula is C11H14N2O7S. The number of rotatable bonds is 7. The first-order valence-electron chi connectivity index (χ1n) is 5.70. The Morgan fingerprint density at radius 1 is 1.33 bits per heavy atom. The molecule has 1 aromatic carbocycles. The first-order chi connectivity index (χ1) is 9.62. The molecule has 0 spiro atoms. The molecule has 0 unspecified atom stereocenters. The largest absolute Gasteiger partial charge is 0.504 e. The van der Waals surface area contributed by atoms with Crippen molar-refractivity contribution < 1.29 is 32.8 Å². The Morgan fingerprint density at radius 2 is 1.95 bits per heavy atom. The molecule has 0 saturated carbocycles. The van der Waals surface area contributed by atoms with Gasteiger partial charge in [0.15, 0.2) is 5.75 Å². The van der Waals surface area contributed by atoms with Crippen LogP contribution in [0.4, 0.5) is 5.69 Å². The number of hydrogen-bond acceptors (Lipinski definition) is 6. The van der Waals surface area contributed by atoms with Gasteiger partial charge in [-0.05, 0) is 18.6 Å². The number of carboxylic acid groups (broad SMARTS) is 1. The molecule has 6 N–H and O–H groups in total. The number of anilines is 1. The molecule has 1 amide bonds. The number of para-hydroxylation sites is 1. The number of nitrogens with two attached hydrogens (primary N) is 1. The Morgan fingerprint density at radius 3 is 2.43 bits per heavy atom. The van der Waals surface area contributed by atoms with Crippen molar-refractivity contribution >= 4 is 27.7 Å². The first kappa shape index (κ1) is 16.7. The number of hydrogen-bond donors (Lipinski definition) is 5. The van der Waals surface area contributed by atoms with Crippen LogP contribution in [0.25, 0.3) is 0 Å². The second kappa shape index (κ2) is 6.41. The molecule has 21 heavy (non-hydrogen) atoms. The maximum Gasteiger partial charge on any atom is 0.326 e. The second-order valence-corrected chi connectivity index (χ2v) is 5.56. The van der Waals surface area contributed by atoms with Crippen molar-refractivity contribution in [2.45, 2.75) is 23.8 Å². The number of phenols is 1. The van der Waals surface area contributed by atoms with E-state index in [1.165, 1.54) is 12.1 Å². The van der Waals surface area contributed by atoms with E-state index in [9.17, 15) is 23.1 Å². The standard InChI is InChI=1S/C11H14N2O7S/c12-9(14)5-4-7(11(16)17)13-6-2-1-3-8(10(6)15)21(18,19)20/h1-3,7,13,15H,4-5H2,(H2,12,14)(H,16,17)(H,18,19,20)/t7-/m0/s1. The van der Waals surface area contributed by atoms with Gasteiger partial charge >= 0.3 is 5.97 Å². The van der Waals surface area contributed by atoms with Gasteiger partial charge in [0.1, 0.15) is 10.9 Å². The van der Waals surface area contributed by atoms with Gasteiger partial charge in [-0.25, -0.2) is 4.79 Å². The Labute approximate surface area is 120 Å². The molecule has 0 radical (unpaired) electrons. The highest BCUT2D eigenvalue weighted by Gasteiger charge is 2.22. The van der Waals surface area contributed by atoms with E-state index in [2.05, 4.69) is 5.32 Å². The molecule has 1 aromatic rings. The quantitative estimate of drug-likeness (QED) is 0.339. The van der Waals surface area contributed by atoms with Gasteiger partial charge in [0.05, 0.1) is 5.69 Å². The van der Waals surface area contributed by atoms with Crippen molar-refractivity contribution in [1.82, 2.24) is 0 Å². The topological polar surface area (TPSA) is 167 Å². The van der Waals surface area contributed by atoms with Gasteiger partial charge < -0.3 is 21.3 Å². The fraction of sp³-hybridized carbons (Fsp3) is 0.273. The molecule has 0 aromatic heterocycles. The Bertz CT molecular complexity index is 657. The number of carbonyl (C=O) groups excluding carboxylic acids is 1. The third kappa shape index (κ3) is 4.61. The molecule has 116 valence electrons. The van der Waals surface area contributed by atoms with Crippen LogP contribution < -0.4 is 11.1 Å². The Hall–Kier alpha value is -2.33. The molecule has 0 heterocycles. The molecular weight excluding hydrogens is 304 g/mol. The van der Waals surface area contributed by atoms with E-state index >= 15 is 0 Å². The smallest absolute Gasteiger partial charge is 0.326 e. The number of phenolic OH excluding ortho intramolecular Hbond substituents is 1. The summed E-state index contributed by atoms with van der Waals surface area (Å²) in [6.45, 7) is 0. The summed E-state index contributed by atoms with van der Waals surface area (Å²) in [5, 5.41) is 21.1. The van der Waals surface area contributed by atoms with Gasteiger partial charge in [0.25, 0.3) is 10.1 Å². The lowest BCUT2D eigenvalue weighted by atomic mass is 10.1. The van der Waals surface area contributed by atoms with E-state index in [0.717, 1.165) is 6.07 Å². The highest BCUT2D eigenvalue weighted by Crippen LogP contribution is 2.31. The zero-order valence-electron chi connectivity index (χ0n) is 10.7. The number of primary amides is 1. The summed E-state index contributed by atoms with van der Waals surface area (Å²) < 4.78 is 31.0. The fourth-order valence-electron chi connectivity index (χ4n) is 1.58. The summed E-state index contributed by atoms with van der Waals surface area (Å²) in [7, 11) is -4.65. The average molecular weight is 318 g/mol. The van der Waals surface area contributed by atoms with Crippen molar-refractivity contribution in [3.8, 4) is 5.75 Å². The lowest BCUT2D eigenvalue weighted by Gasteiger charge is -2.16. The lowest BCUT2D eigenvalue weighted by molar-refractivity contribution is -0.138. The molecule has 1 rings (SSSR count). The van der Waals surface area contributed by atoms with Gasteiger partial charge in [0.2, 0.25) is 5.91 Å². The van der Waals surface area contributed by atoms with Crippen molar-refractivity contribution in [2.24, 2.45) is 5.73 Å². The molecule has 1 atom stereocenters. The van der Waals surface area contributed by atoms with Crippen molar-refractivity contribution in [3.63, 3.8) is 0 Å². The molecule has 0 aliphatic rings. The Kier molecular flexibility index (Phi) is 5.11. The van der Waals surface area contributed by atoms with Crippen LogP contribution in [0.1, 0.15) is 12.8 Å². The van der Waals surface area contributed by atoms with Crippen LogP contribution in [0.15, 0.2) is 23.1 Å². The van der Waals surface area contributed by atoms with E-state index in [1.54, 1.807) is 0 Å². The molecule has 0 fully saturated rings. The van der Waals surface area contributed by atoms with Crippen molar-refractivity contribution in [1.29, 1.82) is 0 Å². The van der Waals surface area contributed by atoms with Crippen molar-refractivity contribution in [3.05, 3.63) is 18.2 Å². The maximum absolute atomic E-state index is 11.0. The number of aliphatic carboxylic acids is 1. The normalized spacial score (nSPS) is 12.6. The number of aromatic hydroxyl groups is 1. The second-order valence-electron chi connectivity index (χ2n) is 4.17. The number of carbonyl (C=O) groups is 2. The minimum atomic E-state index is -4.65. The zero-order valence-corrected chi connectivity index (χ0v) is 11.5. The third-order valence-corrected chi connectivity index (χ3v) is 3.47. The molecule has 0 saturated heterocycles. The highest BCUT2D eigenvalue weighted by molar-refractivity contribution is 7.86. The molecule has 0 bridgehead atoms. The summed E-state index contributed by atoms with van der Waals surface area (Å²) in [6, 6.07) is 2.12. The van der Waals surface area contributed by atoms with Crippen LogP contribution in [0.3, 0.4) is 0 Å². The summed E-state index contributed by atoms with van der Waals surface area (Å²) in [5.41, 5.74) is 4.72. The summed E-state index contributed by atoms with van der Waals surface area (Å²) in [4.78, 5) is 21.0. The minimum Gasteiger partial charge on any atom is -0.504 e. The number of nitrogens with one attached hydrogen (secondary N) is 1. The minimum absolute atomic E-state index is 0.153. The van der Waals surface area contributed by atoms with Gasteiger partial charge in [-0.15, -0.1) is 0 Å². The van der Waals surface area contributed by atoms with Crippen LogP contribution in [0.2, 0.25) is 0 Å². The zero-order chi connectivity index (χ0) is 16.2. The van der Waals surface area contributed by atoms with E-state index < -0.39 is 38.7 Å². The van der Waals surface area contributed by atoms with E-state index in [0.29, 0.717) is 0 Å². The van der Waals surface area contributed by atoms with Crippen LogP contribution in [-0.2, 0) is 19.7 Å². The van der Waals surface area contributed by atoms with E-state index in [-0.39, 0.29) is 18.5 Å². The lowest BCUT2D eigenvalue weighted by Crippen LogP contribution is -2.30. The first-order valence-corrected chi connectivity index (χ1v) is 7.14. The third-order valence-electron chi connectivity index (χ3n) is 2.58. The summed E-state index contributed by atoms with van der Waals surface area (Å²) in [6.07, 6.45) is -0.358. The van der Waals surface area contributed by atoms with Gasteiger partial charge in [-0.1, -0.05) is 6.07 Å². The van der Waals surface area contributed by atoms with Crippen LogP contribution in [0.5, 0.6) is 5.75 Å². The summed E-state index contributed by atoms with van der Waals surface area (Å²) in [5.74, 6) is -2.82. The predicted octanol–water partition coefficient (Wildman–Crippen LogP) is -0.231. The Balaban J connectivity index is 3.05. The maximum atomic E-state index is 11.0. The fourth-order valence-corrected chi connectivity index (χ4v) is 2.18. The van der Waals surface area contributed by atoms with Gasteiger partial charge in [0, 0.05) is 6.42 Å². The van der Waals surface area contributed by atoms with Crippen LogP contribution in [0, 0.1) is 0 Å². The van der Waals surface area contributed by atoms with Gasteiger partial charge in [-0.3, -0.25) is 9.35 Å². The molecule has 10 heteroatoms. The van der Waals surface area contributed by atoms with Crippen molar-refractivity contribution in [2.75, 3.05) is 5.32 Å². The average Bonchev–Trinajstić information content (AvgIpc) is 2.34. The van der Waals surface area contributed by atoms with Gasteiger partial charge in [-0.2, -0.15) is 8.42 Å². The number of amides is 1. The monoisotopic (exact) mass is 318 g/mol. The number of carboxylic acids is 1. The SMILES string of the molecule is NC(=O)CC[C@H](Nc1cccc(S(=O)(=O)O)c1O)C(=O)O. The summed E-state index contributed by atoms with van der Waals surface area (Å²) >= 11 is 0. The van der Waals surface area contributed by atoms with Crippen LogP contribution in [-0.4, -0.2) is 41.1 Å². The molecule has 9 nitrogen and oxygen atoms in total. The molecule has 0 aliphatic carbocycles.